The number of aryl methyl sites for hydroxylation is 2. The highest BCUT2D eigenvalue weighted by molar-refractivity contribution is 5.76. The first kappa shape index (κ1) is 18.7. The quantitative estimate of drug-likeness (QED) is 0.577. The summed E-state index contributed by atoms with van der Waals surface area (Å²) in [5.74, 6) is 1.02. The molecule has 0 aliphatic rings. The molecule has 1 aromatic heterocycles. The number of aromatic hydroxyl groups is 1. The van der Waals surface area contributed by atoms with Crippen LogP contribution in [0.2, 0.25) is 0 Å². The van der Waals surface area contributed by atoms with Crippen molar-refractivity contribution in [3.63, 3.8) is 0 Å². The lowest BCUT2D eigenvalue weighted by atomic mass is 10.1. The van der Waals surface area contributed by atoms with Gasteiger partial charge in [-0.25, -0.2) is 4.39 Å². The Hall–Kier alpha value is -3.08. The van der Waals surface area contributed by atoms with Crippen LogP contribution >= 0.6 is 0 Å². The van der Waals surface area contributed by atoms with Crippen molar-refractivity contribution in [1.29, 1.82) is 0 Å². The second kappa shape index (κ2) is 9.03. The molecule has 0 unspecified atom stereocenters. The minimum Gasteiger partial charge on any atom is -0.508 e. The van der Waals surface area contributed by atoms with Crippen molar-refractivity contribution in [2.24, 2.45) is 0 Å². The Morgan fingerprint density at radius 2 is 1.78 bits per heavy atom. The standard InChI is InChI=1S/C22H22FNO3/c23-20-6-2-1-5-19(20)21-13-11-18(27-21)12-14-22(26)24-15-3-4-16-7-9-17(25)10-8-16/h1-2,5-11,13,25H,3-4,12,14-15H2,(H,24,26). The van der Waals surface area contributed by atoms with Gasteiger partial charge in [0.25, 0.3) is 0 Å². The average molecular weight is 367 g/mol. The van der Waals surface area contributed by atoms with Crippen molar-refractivity contribution in [2.45, 2.75) is 25.7 Å². The molecule has 0 saturated heterocycles. The Balaban J connectivity index is 1.39. The van der Waals surface area contributed by atoms with E-state index in [0.717, 1.165) is 18.4 Å². The van der Waals surface area contributed by atoms with Gasteiger partial charge in [0, 0.05) is 19.4 Å². The number of amides is 1. The number of rotatable bonds is 8. The lowest BCUT2D eigenvalue weighted by molar-refractivity contribution is -0.121. The summed E-state index contributed by atoms with van der Waals surface area (Å²) in [4.78, 5) is 12.0. The molecule has 3 rings (SSSR count). The van der Waals surface area contributed by atoms with Crippen LogP contribution in [0.15, 0.2) is 65.1 Å². The van der Waals surface area contributed by atoms with E-state index in [2.05, 4.69) is 5.32 Å². The van der Waals surface area contributed by atoms with Gasteiger partial charge in [0.15, 0.2) is 0 Å². The molecule has 0 radical (unpaired) electrons. The molecule has 1 amide bonds. The Morgan fingerprint density at radius 3 is 2.56 bits per heavy atom. The maximum atomic E-state index is 13.8. The van der Waals surface area contributed by atoms with Gasteiger partial charge in [0.1, 0.15) is 23.1 Å². The molecule has 0 bridgehead atoms. The number of halogens is 1. The smallest absolute Gasteiger partial charge is 0.220 e. The van der Waals surface area contributed by atoms with Crippen molar-refractivity contribution in [3.8, 4) is 17.1 Å². The fraction of sp³-hybridized carbons (Fsp3) is 0.227. The first-order valence-corrected chi connectivity index (χ1v) is 9.00. The van der Waals surface area contributed by atoms with E-state index >= 15 is 0 Å². The highest BCUT2D eigenvalue weighted by Gasteiger charge is 2.10. The van der Waals surface area contributed by atoms with E-state index < -0.39 is 0 Å². The lowest BCUT2D eigenvalue weighted by Crippen LogP contribution is -2.24. The summed E-state index contributed by atoms with van der Waals surface area (Å²) in [6, 6.07) is 17.0. The van der Waals surface area contributed by atoms with Crippen molar-refractivity contribution in [2.75, 3.05) is 6.54 Å². The monoisotopic (exact) mass is 367 g/mol. The first-order chi connectivity index (χ1) is 13.1. The fourth-order valence-electron chi connectivity index (χ4n) is 2.83. The molecule has 0 fully saturated rings. The van der Waals surface area contributed by atoms with E-state index in [1.165, 1.54) is 6.07 Å². The zero-order valence-electron chi connectivity index (χ0n) is 15.0. The molecule has 2 aromatic carbocycles. The zero-order valence-corrected chi connectivity index (χ0v) is 15.0. The number of carbonyl (C=O) groups is 1. The van der Waals surface area contributed by atoms with E-state index in [-0.39, 0.29) is 17.5 Å². The molecule has 0 saturated carbocycles. The molecule has 140 valence electrons. The Morgan fingerprint density at radius 1 is 1.00 bits per heavy atom. The van der Waals surface area contributed by atoms with Crippen LogP contribution in [0.3, 0.4) is 0 Å². The number of nitrogens with one attached hydrogen (secondary N) is 1. The van der Waals surface area contributed by atoms with Gasteiger partial charge in [0.05, 0.1) is 5.56 Å². The predicted molar refractivity (Wildman–Crippen MR) is 102 cm³/mol. The van der Waals surface area contributed by atoms with E-state index in [4.69, 9.17) is 4.42 Å². The third-order valence-electron chi connectivity index (χ3n) is 4.30. The van der Waals surface area contributed by atoms with Crippen LogP contribution in [-0.4, -0.2) is 17.6 Å². The van der Waals surface area contributed by atoms with Crippen molar-refractivity contribution < 1.29 is 18.7 Å². The maximum absolute atomic E-state index is 13.8. The normalized spacial score (nSPS) is 10.7. The highest BCUT2D eigenvalue weighted by atomic mass is 19.1. The summed E-state index contributed by atoms with van der Waals surface area (Å²) in [6.45, 7) is 0.596. The number of phenols is 1. The molecular weight excluding hydrogens is 345 g/mol. The molecule has 5 heteroatoms. The van der Waals surface area contributed by atoms with E-state index in [1.54, 1.807) is 42.5 Å². The van der Waals surface area contributed by atoms with Crippen LogP contribution in [0.4, 0.5) is 4.39 Å². The zero-order chi connectivity index (χ0) is 19.1. The molecule has 0 aliphatic carbocycles. The van der Waals surface area contributed by atoms with Gasteiger partial charge >= 0.3 is 0 Å². The molecule has 27 heavy (non-hydrogen) atoms. The largest absolute Gasteiger partial charge is 0.508 e. The second-order valence-corrected chi connectivity index (χ2v) is 6.37. The average Bonchev–Trinajstić information content (AvgIpc) is 3.14. The van der Waals surface area contributed by atoms with Gasteiger partial charge in [-0.2, -0.15) is 0 Å². The number of carbonyl (C=O) groups excluding carboxylic acids is 1. The molecule has 1 heterocycles. The maximum Gasteiger partial charge on any atom is 0.220 e. The molecule has 4 nitrogen and oxygen atoms in total. The number of hydrogen-bond acceptors (Lipinski definition) is 3. The molecule has 0 spiro atoms. The van der Waals surface area contributed by atoms with Crippen LogP contribution < -0.4 is 5.32 Å². The summed E-state index contributed by atoms with van der Waals surface area (Å²) < 4.78 is 19.4. The Bertz CT molecular complexity index is 887. The van der Waals surface area contributed by atoms with E-state index in [1.807, 2.05) is 12.1 Å². The molecular formula is C22H22FNO3. The molecule has 3 aromatic rings. The van der Waals surface area contributed by atoms with Crippen LogP contribution in [-0.2, 0) is 17.6 Å². The van der Waals surface area contributed by atoms with Crippen LogP contribution in [0.25, 0.3) is 11.3 Å². The Kier molecular flexibility index (Phi) is 6.26. The number of hydrogen-bond donors (Lipinski definition) is 2. The SMILES string of the molecule is O=C(CCc1ccc(-c2ccccc2F)o1)NCCCc1ccc(O)cc1. The van der Waals surface area contributed by atoms with Crippen molar-refractivity contribution in [1.82, 2.24) is 5.32 Å². The van der Waals surface area contributed by atoms with Gasteiger partial charge in [-0.1, -0.05) is 24.3 Å². The third-order valence-corrected chi connectivity index (χ3v) is 4.30. The van der Waals surface area contributed by atoms with Gasteiger partial charge < -0.3 is 14.8 Å². The summed E-state index contributed by atoms with van der Waals surface area (Å²) >= 11 is 0. The minimum atomic E-state index is -0.329. The molecule has 0 aliphatic heterocycles. The number of furan rings is 1. The fourth-order valence-corrected chi connectivity index (χ4v) is 2.83. The third kappa shape index (κ3) is 5.45. The minimum absolute atomic E-state index is 0.0375. The molecule has 0 atom stereocenters. The van der Waals surface area contributed by atoms with E-state index in [9.17, 15) is 14.3 Å². The highest BCUT2D eigenvalue weighted by Crippen LogP contribution is 2.25. The first-order valence-electron chi connectivity index (χ1n) is 9.00. The van der Waals surface area contributed by atoms with Gasteiger partial charge in [-0.05, 0) is 54.8 Å². The summed E-state index contributed by atoms with van der Waals surface area (Å²) in [7, 11) is 0. The second-order valence-electron chi connectivity index (χ2n) is 6.37. The topological polar surface area (TPSA) is 62.5 Å². The van der Waals surface area contributed by atoms with Crippen LogP contribution in [0.1, 0.15) is 24.2 Å². The van der Waals surface area contributed by atoms with Gasteiger partial charge in [-0.3, -0.25) is 4.79 Å². The van der Waals surface area contributed by atoms with Crippen molar-refractivity contribution >= 4 is 5.91 Å². The molecule has 2 N–H and O–H groups in total. The summed E-state index contributed by atoms with van der Waals surface area (Å²) in [5, 5.41) is 12.1. The van der Waals surface area contributed by atoms with E-state index in [0.29, 0.717) is 36.5 Å². The summed E-state index contributed by atoms with van der Waals surface area (Å²) in [5.41, 5.74) is 1.54. The predicted octanol–water partition coefficient (Wildman–Crippen LogP) is 4.47. The number of phenolic OH excluding ortho intramolecular Hbond substituents is 1. The Labute approximate surface area is 157 Å². The van der Waals surface area contributed by atoms with Crippen LogP contribution in [0, 0.1) is 5.82 Å². The van der Waals surface area contributed by atoms with Crippen LogP contribution in [0.5, 0.6) is 5.75 Å². The van der Waals surface area contributed by atoms with Crippen molar-refractivity contribution in [3.05, 3.63) is 77.8 Å². The summed E-state index contributed by atoms with van der Waals surface area (Å²) in [6.07, 6.45) is 2.46. The lowest BCUT2D eigenvalue weighted by Gasteiger charge is -2.05. The van der Waals surface area contributed by atoms with Gasteiger partial charge in [0.2, 0.25) is 5.91 Å². The van der Waals surface area contributed by atoms with Gasteiger partial charge in [-0.15, -0.1) is 0 Å². The number of benzene rings is 2.